The van der Waals surface area contributed by atoms with Crippen molar-refractivity contribution in [1.29, 1.82) is 0 Å². The highest BCUT2D eigenvalue weighted by Gasteiger charge is 2.49. The number of halogens is 1. The number of hydrogen-bond acceptors (Lipinski definition) is 9. The SMILES string of the molecule is CCCCOC[C@H]1O[C@@H](c2cc(Cc3ncc(C4=CCCO4)s3)c(Cl)cc2O)[C@H](OCCCC)[C@@H](OCCCC)[C@@H]1OCCCC. The Morgan fingerprint density at radius 1 is 0.891 bits per heavy atom. The lowest BCUT2D eigenvalue weighted by Crippen LogP contribution is -2.58. The van der Waals surface area contributed by atoms with Crippen molar-refractivity contribution >= 4 is 28.7 Å². The van der Waals surface area contributed by atoms with Gasteiger partial charge in [0, 0.05) is 56.1 Å². The average molecular weight is 680 g/mol. The lowest BCUT2D eigenvalue weighted by molar-refractivity contribution is -0.268. The second kappa shape index (κ2) is 19.9. The molecule has 2 aromatic rings. The summed E-state index contributed by atoms with van der Waals surface area (Å²) in [5.74, 6) is 0.955. The Hall–Kier alpha value is -1.72. The lowest BCUT2D eigenvalue weighted by Gasteiger charge is -2.46. The highest BCUT2D eigenvalue weighted by molar-refractivity contribution is 7.12. The van der Waals surface area contributed by atoms with Gasteiger partial charge >= 0.3 is 0 Å². The van der Waals surface area contributed by atoms with Crippen molar-refractivity contribution < 1.29 is 33.5 Å². The second-order valence-corrected chi connectivity index (χ2v) is 13.6. The third kappa shape index (κ3) is 10.4. The molecule has 1 saturated heterocycles. The number of thiazole rings is 1. The number of nitrogens with zero attached hydrogens (tertiary/aromatic N) is 1. The summed E-state index contributed by atoms with van der Waals surface area (Å²) in [4.78, 5) is 5.66. The summed E-state index contributed by atoms with van der Waals surface area (Å²) in [6.45, 7) is 12.1. The maximum atomic E-state index is 11.4. The van der Waals surface area contributed by atoms with Gasteiger partial charge in [-0.2, -0.15) is 0 Å². The van der Waals surface area contributed by atoms with Crippen LogP contribution in [0.5, 0.6) is 5.75 Å². The van der Waals surface area contributed by atoms with E-state index in [9.17, 15) is 5.11 Å². The van der Waals surface area contributed by atoms with Crippen molar-refractivity contribution in [2.45, 2.75) is 122 Å². The molecule has 4 rings (SSSR count). The summed E-state index contributed by atoms with van der Waals surface area (Å²) in [6, 6.07) is 3.56. The molecule has 2 aliphatic heterocycles. The summed E-state index contributed by atoms with van der Waals surface area (Å²) in [5.41, 5.74) is 1.47. The molecule has 0 spiro atoms. The van der Waals surface area contributed by atoms with Gasteiger partial charge in [-0.15, -0.1) is 11.3 Å². The molecular formula is C36H54ClNO7S. The minimum atomic E-state index is -0.616. The fourth-order valence-corrected chi connectivity index (χ4v) is 6.82. The van der Waals surface area contributed by atoms with Crippen molar-refractivity contribution in [3.63, 3.8) is 0 Å². The van der Waals surface area contributed by atoms with Gasteiger partial charge in [0.25, 0.3) is 0 Å². The summed E-state index contributed by atoms with van der Waals surface area (Å²) in [7, 11) is 0. The molecule has 0 amide bonds. The second-order valence-electron chi connectivity index (χ2n) is 12.1. The van der Waals surface area contributed by atoms with E-state index in [1.165, 1.54) is 0 Å². The molecule has 8 nitrogen and oxygen atoms in total. The van der Waals surface area contributed by atoms with E-state index in [0.29, 0.717) is 56.6 Å². The average Bonchev–Trinajstić information content (AvgIpc) is 3.75. The highest BCUT2D eigenvalue weighted by Crippen LogP contribution is 2.43. The van der Waals surface area contributed by atoms with Crippen LogP contribution in [-0.4, -0.2) is 74.1 Å². The van der Waals surface area contributed by atoms with Crippen LogP contribution in [0.3, 0.4) is 0 Å². The first-order valence-electron chi connectivity index (χ1n) is 17.4. The Morgan fingerprint density at radius 2 is 1.54 bits per heavy atom. The molecule has 2 aliphatic rings. The molecule has 0 unspecified atom stereocenters. The number of benzene rings is 1. The predicted octanol–water partition coefficient (Wildman–Crippen LogP) is 8.67. The van der Waals surface area contributed by atoms with E-state index in [1.54, 1.807) is 17.4 Å². The number of aromatic nitrogens is 1. The number of unbranched alkanes of at least 4 members (excludes halogenated alkanes) is 4. The monoisotopic (exact) mass is 679 g/mol. The molecule has 0 aliphatic carbocycles. The van der Waals surface area contributed by atoms with E-state index in [-0.39, 0.29) is 11.9 Å². The third-order valence-electron chi connectivity index (χ3n) is 8.33. The van der Waals surface area contributed by atoms with Crippen LogP contribution in [-0.2, 0) is 34.8 Å². The van der Waals surface area contributed by atoms with Crippen molar-refractivity contribution in [3.8, 4) is 5.75 Å². The van der Waals surface area contributed by atoms with Crippen LogP contribution in [0.25, 0.3) is 5.76 Å². The maximum Gasteiger partial charge on any atom is 0.134 e. The number of phenols is 1. The summed E-state index contributed by atoms with van der Waals surface area (Å²) >= 11 is 8.33. The Kier molecular flexibility index (Phi) is 16.1. The van der Waals surface area contributed by atoms with E-state index in [2.05, 4.69) is 38.8 Å². The highest BCUT2D eigenvalue weighted by atomic mass is 35.5. The predicted molar refractivity (Wildman–Crippen MR) is 184 cm³/mol. The third-order valence-corrected chi connectivity index (χ3v) is 9.69. The number of ether oxygens (including phenoxy) is 6. The van der Waals surface area contributed by atoms with Gasteiger partial charge in [0.2, 0.25) is 0 Å². The summed E-state index contributed by atoms with van der Waals surface area (Å²) in [5, 5.41) is 12.8. The molecule has 46 heavy (non-hydrogen) atoms. The summed E-state index contributed by atoms with van der Waals surface area (Å²) in [6.07, 6.45) is 10.9. The van der Waals surface area contributed by atoms with E-state index in [1.807, 2.05) is 12.3 Å². The number of hydrogen-bond donors (Lipinski definition) is 1. The normalized spacial score (nSPS) is 23.1. The van der Waals surface area contributed by atoms with E-state index in [4.69, 9.17) is 40.0 Å². The van der Waals surface area contributed by atoms with Gasteiger partial charge in [0.05, 0.1) is 23.1 Å². The lowest BCUT2D eigenvalue weighted by atomic mass is 9.89. The molecule has 1 fully saturated rings. The van der Waals surface area contributed by atoms with Gasteiger partial charge in [-0.05, 0) is 49.5 Å². The van der Waals surface area contributed by atoms with Gasteiger partial charge in [0.1, 0.15) is 42.0 Å². The van der Waals surface area contributed by atoms with Crippen LogP contribution in [0.4, 0.5) is 0 Å². The molecule has 0 bridgehead atoms. The van der Waals surface area contributed by atoms with Crippen LogP contribution in [0, 0.1) is 0 Å². The smallest absolute Gasteiger partial charge is 0.134 e. The minimum absolute atomic E-state index is 0.0653. The molecule has 1 aromatic carbocycles. The van der Waals surface area contributed by atoms with Crippen LogP contribution >= 0.6 is 22.9 Å². The van der Waals surface area contributed by atoms with Crippen molar-refractivity contribution in [1.82, 2.24) is 4.98 Å². The van der Waals surface area contributed by atoms with Crippen molar-refractivity contribution in [2.24, 2.45) is 0 Å². The molecule has 10 heteroatoms. The molecule has 0 saturated carbocycles. The van der Waals surface area contributed by atoms with Crippen LogP contribution < -0.4 is 0 Å². The zero-order chi connectivity index (χ0) is 32.7. The molecule has 1 aromatic heterocycles. The summed E-state index contributed by atoms with van der Waals surface area (Å²) < 4.78 is 38.5. The number of phenolic OH excluding ortho intramolecular Hbond substituents is 1. The molecule has 5 atom stereocenters. The molecule has 1 N–H and O–H groups in total. The standard InChI is InChI=1S/C36H54ClNO7S/c1-5-9-15-40-24-30-34(42-16-10-6-2)36(44-18-12-8-4)35(43-17-11-7-3)33(45-30)26-20-25(27(37)22-28(26)39)21-32-38-23-31(46-32)29-14-13-19-41-29/h14,20,22-23,30,33-36,39H,5-13,15-19,21,24H2,1-4H3/t30-,33+,34-,35+,36+/m1/s1. The van der Waals surface area contributed by atoms with Gasteiger partial charge < -0.3 is 33.5 Å². The van der Waals surface area contributed by atoms with Gasteiger partial charge in [-0.25, -0.2) is 4.98 Å². The van der Waals surface area contributed by atoms with Crippen molar-refractivity contribution in [3.05, 3.63) is 50.4 Å². The van der Waals surface area contributed by atoms with Gasteiger partial charge in [-0.1, -0.05) is 65.0 Å². The molecule has 3 heterocycles. The van der Waals surface area contributed by atoms with Crippen molar-refractivity contribution in [2.75, 3.05) is 39.6 Å². The Morgan fingerprint density at radius 3 is 2.20 bits per heavy atom. The fraction of sp³-hybridized carbons (Fsp3) is 0.694. The first-order valence-corrected chi connectivity index (χ1v) is 18.6. The van der Waals surface area contributed by atoms with E-state index < -0.39 is 24.4 Å². The van der Waals surface area contributed by atoms with Gasteiger partial charge in [0.15, 0.2) is 0 Å². The Bertz CT molecular complexity index is 1210. The number of rotatable bonds is 21. The van der Waals surface area contributed by atoms with E-state index >= 15 is 0 Å². The van der Waals surface area contributed by atoms with Crippen LogP contribution in [0.1, 0.15) is 113 Å². The molecular weight excluding hydrogens is 626 g/mol. The first kappa shape index (κ1) is 37.1. The zero-order valence-corrected chi connectivity index (χ0v) is 29.7. The topological polar surface area (TPSA) is 88.5 Å². The quantitative estimate of drug-likeness (QED) is 0.131. The van der Waals surface area contributed by atoms with Crippen LogP contribution in [0.2, 0.25) is 5.02 Å². The molecule has 0 radical (unpaired) electrons. The Labute approximate surface area is 284 Å². The molecule has 258 valence electrons. The minimum Gasteiger partial charge on any atom is -0.508 e. The number of aromatic hydroxyl groups is 1. The largest absolute Gasteiger partial charge is 0.508 e. The van der Waals surface area contributed by atoms with Crippen LogP contribution in [0.15, 0.2) is 24.4 Å². The van der Waals surface area contributed by atoms with E-state index in [0.717, 1.165) is 79.0 Å². The Balaban J connectivity index is 1.68. The van der Waals surface area contributed by atoms with Gasteiger partial charge in [-0.3, -0.25) is 0 Å². The maximum absolute atomic E-state index is 11.4. The fourth-order valence-electron chi connectivity index (χ4n) is 5.66. The zero-order valence-electron chi connectivity index (χ0n) is 28.1. The first-order chi connectivity index (χ1) is 22.5.